The van der Waals surface area contributed by atoms with E-state index in [9.17, 15) is 9.59 Å². The Morgan fingerprint density at radius 2 is 2.17 bits per heavy atom. The monoisotopic (exact) mass is 257 g/mol. The Morgan fingerprint density at radius 1 is 1.50 bits per heavy atom. The molecule has 104 valence electrons. The van der Waals surface area contributed by atoms with Gasteiger partial charge in [0.15, 0.2) is 0 Å². The summed E-state index contributed by atoms with van der Waals surface area (Å²) < 4.78 is 0. The quantitative estimate of drug-likeness (QED) is 0.656. The Morgan fingerprint density at radius 3 is 2.67 bits per heavy atom. The van der Waals surface area contributed by atoms with Crippen LogP contribution in [-0.2, 0) is 4.79 Å². The first kappa shape index (κ1) is 14.8. The van der Waals surface area contributed by atoms with Crippen LogP contribution in [0.25, 0.3) is 0 Å². The predicted molar refractivity (Wildman–Crippen MR) is 67.7 cm³/mol. The van der Waals surface area contributed by atoms with E-state index in [0.717, 1.165) is 12.8 Å². The van der Waals surface area contributed by atoms with Crippen molar-refractivity contribution in [2.45, 2.75) is 32.7 Å². The van der Waals surface area contributed by atoms with Crippen molar-refractivity contribution in [1.29, 1.82) is 0 Å². The van der Waals surface area contributed by atoms with Crippen LogP contribution in [0.4, 0.5) is 4.79 Å². The Labute approximate surface area is 108 Å². The van der Waals surface area contributed by atoms with E-state index in [2.05, 4.69) is 5.32 Å². The summed E-state index contributed by atoms with van der Waals surface area (Å²) in [7, 11) is 0. The third-order valence-electron chi connectivity index (χ3n) is 3.32. The zero-order valence-electron chi connectivity index (χ0n) is 11.1. The van der Waals surface area contributed by atoms with Crippen LogP contribution in [-0.4, -0.2) is 47.7 Å². The van der Waals surface area contributed by atoms with Crippen molar-refractivity contribution in [1.82, 2.24) is 10.2 Å². The molecule has 0 aromatic carbocycles. The van der Waals surface area contributed by atoms with Gasteiger partial charge < -0.3 is 21.1 Å². The number of primary amides is 1. The lowest BCUT2D eigenvalue weighted by molar-refractivity contribution is -0.136. The molecule has 0 aromatic heterocycles. The van der Waals surface area contributed by atoms with Gasteiger partial charge in [-0.25, -0.2) is 4.79 Å². The third kappa shape index (κ3) is 3.87. The number of aliphatic hydroxyl groups excluding tert-OH is 1. The van der Waals surface area contributed by atoms with E-state index in [-0.39, 0.29) is 24.3 Å². The van der Waals surface area contributed by atoms with E-state index >= 15 is 0 Å². The summed E-state index contributed by atoms with van der Waals surface area (Å²) >= 11 is 0. The van der Waals surface area contributed by atoms with Gasteiger partial charge in [-0.3, -0.25) is 4.79 Å². The molecule has 0 saturated carbocycles. The first-order valence-corrected chi connectivity index (χ1v) is 6.41. The van der Waals surface area contributed by atoms with Crippen LogP contribution < -0.4 is 11.1 Å². The predicted octanol–water partition coefficient (Wildman–Crippen LogP) is -0.0898. The topological polar surface area (TPSA) is 95.7 Å². The number of likely N-dealkylation sites (tertiary alicyclic amines) is 1. The summed E-state index contributed by atoms with van der Waals surface area (Å²) in [4.78, 5) is 24.9. The van der Waals surface area contributed by atoms with Gasteiger partial charge in [-0.15, -0.1) is 0 Å². The molecule has 3 amide bonds. The number of carbonyl (C=O) groups excluding carboxylic acids is 2. The first-order chi connectivity index (χ1) is 8.45. The summed E-state index contributed by atoms with van der Waals surface area (Å²) in [5.74, 6) is 0.0190. The lowest BCUT2D eigenvalue weighted by Crippen LogP contribution is -2.54. The molecule has 0 bridgehead atoms. The van der Waals surface area contributed by atoms with Crippen molar-refractivity contribution < 1.29 is 14.7 Å². The molecule has 0 aliphatic carbocycles. The largest absolute Gasteiger partial charge is 0.396 e. The van der Waals surface area contributed by atoms with Crippen LogP contribution in [0.2, 0.25) is 0 Å². The Balaban J connectivity index is 2.67. The van der Waals surface area contributed by atoms with Crippen molar-refractivity contribution in [3.05, 3.63) is 0 Å². The maximum atomic E-state index is 12.3. The van der Waals surface area contributed by atoms with E-state index in [0.29, 0.717) is 13.1 Å². The molecule has 1 aliphatic rings. The number of amides is 3. The lowest BCUT2D eigenvalue weighted by atomic mass is 9.96. The Kier molecular flexibility index (Phi) is 5.40. The molecule has 1 fully saturated rings. The number of hydrogen-bond donors (Lipinski definition) is 3. The number of aliphatic hydroxyl groups is 1. The fourth-order valence-corrected chi connectivity index (χ4v) is 2.28. The van der Waals surface area contributed by atoms with Gasteiger partial charge in [-0.1, -0.05) is 13.8 Å². The van der Waals surface area contributed by atoms with Crippen molar-refractivity contribution in [2.75, 3.05) is 19.7 Å². The normalized spacial score (nSPS) is 21.8. The average molecular weight is 257 g/mol. The summed E-state index contributed by atoms with van der Waals surface area (Å²) in [5, 5.41) is 11.7. The van der Waals surface area contributed by atoms with Crippen LogP contribution >= 0.6 is 0 Å². The fraction of sp³-hybridized carbons (Fsp3) is 0.833. The molecule has 0 aromatic rings. The minimum Gasteiger partial charge on any atom is -0.396 e. The molecule has 2 unspecified atom stereocenters. The molecular weight excluding hydrogens is 234 g/mol. The van der Waals surface area contributed by atoms with Gasteiger partial charge in [0.1, 0.15) is 6.04 Å². The highest BCUT2D eigenvalue weighted by Crippen LogP contribution is 2.18. The van der Waals surface area contributed by atoms with E-state index in [1.54, 1.807) is 4.90 Å². The summed E-state index contributed by atoms with van der Waals surface area (Å²) in [6.07, 6.45) is 1.83. The zero-order chi connectivity index (χ0) is 13.7. The standard InChI is InChI=1S/C12H23N3O3/c1-8(2)10(14-12(13)18)11(17)15-5-3-4-9(6-15)7-16/h8-10,16H,3-7H2,1-2H3,(H3,13,14,18). The second-order valence-corrected chi connectivity index (χ2v) is 5.21. The smallest absolute Gasteiger partial charge is 0.312 e. The van der Waals surface area contributed by atoms with E-state index < -0.39 is 12.1 Å². The SMILES string of the molecule is CC(C)C(NC(N)=O)C(=O)N1CCCC(CO)C1. The van der Waals surface area contributed by atoms with Crippen LogP contribution in [0.3, 0.4) is 0 Å². The molecule has 1 saturated heterocycles. The molecule has 6 nitrogen and oxygen atoms in total. The number of hydrogen-bond acceptors (Lipinski definition) is 3. The molecule has 1 heterocycles. The van der Waals surface area contributed by atoms with Crippen LogP contribution in [0, 0.1) is 11.8 Å². The highest BCUT2D eigenvalue weighted by atomic mass is 16.3. The number of nitrogens with zero attached hydrogens (tertiary/aromatic N) is 1. The van der Waals surface area contributed by atoms with Crippen LogP contribution in [0.5, 0.6) is 0 Å². The van der Waals surface area contributed by atoms with Gasteiger partial charge in [0, 0.05) is 19.7 Å². The van der Waals surface area contributed by atoms with Crippen molar-refractivity contribution in [3.8, 4) is 0 Å². The maximum absolute atomic E-state index is 12.3. The number of urea groups is 1. The number of rotatable bonds is 4. The minimum atomic E-state index is -0.683. The first-order valence-electron chi connectivity index (χ1n) is 6.41. The molecule has 2 atom stereocenters. The molecule has 4 N–H and O–H groups in total. The lowest BCUT2D eigenvalue weighted by Gasteiger charge is -2.35. The van der Waals surface area contributed by atoms with Gasteiger partial charge in [-0.2, -0.15) is 0 Å². The molecular formula is C12H23N3O3. The second kappa shape index (κ2) is 6.58. The Hall–Kier alpha value is -1.30. The van der Waals surface area contributed by atoms with Gasteiger partial charge in [0.2, 0.25) is 5.91 Å². The Bertz CT molecular complexity index is 307. The van der Waals surface area contributed by atoms with Gasteiger partial charge in [0.05, 0.1) is 0 Å². The van der Waals surface area contributed by atoms with Gasteiger partial charge in [0.25, 0.3) is 0 Å². The number of piperidine rings is 1. The maximum Gasteiger partial charge on any atom is 0.312 e. The highest BCUT2D eigenvalue weighted by molar-refractivity contribution is 5.86. The van der Waals surface area contributed by atoms with Crippen LogP contribution in [0.1, 0.15) is 26.7 Å². The molecule has 6 heteroatoms. The summed E-state index contributed by atoms with van der Waals surface area (Å²) in [5.41, 5.74) is 5.09. The number of nitrogens with two attached hydrogens (primary N) is 1. The second-order valence-electron chi connectivity index (χ2n) is 5.21. The molecule has 1 rings (SSSR count). The zero-order valence-corrected chi connectivity index (χ0v) is 11.1. The highest BCUT2D eigenvalue weighted by Gasteiger charge is 2.31. The van der Waals surface area contributed by atoms with Crippen molar-refractivity contribution in [3.63, 3.8) is 0 Å². The van der Waals surface area contributed by atoms with Crippen molar-refractivity contribution in [2.24, 2.45) is 17.6 Å². The molecule has 0 radical (unpaired) electrons. The molecule has 1 aliphatic heterocycles. The molecule has 18 heavy (non-hydrogen) atoms. The minimum absolute atomic E-state index is 0.0143. The fourth-order valence-electron chi connectivity index (χ4n) is 2.28. The molecule has 0 spiro atoms. The van der Waals surface area contributed by atoms with Crippen LogP contribution in [0.15, 0.2) is 0 Å². The number of nitrogens with one attached hydrogen (secondary N) is 1. The summed E-state index contributed by atoms with van der Waals surface area (Å²) in [6, 6.07) is -1.27. The van der Waals surface area contributed by atoms with Gasteiger partial charge >= 0.3 is 6.03 Å². The van der Waals surface area contributed by atoms with E-state index in [1.807, 2.05) is 13.8 Å². The van der Waals surface area contributed by atoms with Gasteiger partial charge in [-0.05, 0) is 24.7 Å². The van der Waals surface area contributed by atoms with Crippen molar-refractivity contribution >= 4 is 11.9 Å². The third-order valence-corrected chi connectivity index (χ3v) is 3.32. The average Bonchev–Trinajstić information content (AvgIpc) is 2.34. The van der Waals surface area contributed by atoms with E-state index in [4.69, 9.17) is 10.8 Å². The number of carbonyl (C=O) groups is 2. The van der Waals surface area contributed by atoms with E-state index in [1.165, 1.54) is 0 Å². The summed E-state index contributed by atoms with van der Waals surface area (Å²) in [6.45, 7) is 5.06.